The zero-order valence-corrected chi connectivity index (χ0v) is 14.5. The Bertz CT molecular complexity index is 1090. The van der Waals surface area contributed by atoms with Gasteiger partial charge in [0.2, 0.25) is 0 Å². The molecule has 1 aromatic heterocycles. The fourth-order valence-electron chi connectivity index (χ4n) is 2.22. The number of aromatic hydroxyl groups is 2. The van der Waals surface area contributed by atoms with Crippen molar-refractivity contribution in [1.29, 1.82) is 5.26 Å². The van der Waals surface area contributed by atoms with Gasteiger partial charge in [-0.2, -0.15) is 5.26 Å². The number of anilines is 1. The number of benzene rings is 2. The van der Waals surface area contributed by atoms with Crippen LogP contribution in [0.4, 0.5) is 9.52 Å². The summed E-state index contributed by atoms with van der Waals surface area (Å²) in [6.45, 7) is 0. The second kappa shape index (κ2) is 7.68. The van der Waals surface area contributed by atoms with Crippen LogP contribution in [-0.4, -0.2) is 21.1 Å². The number of thiazole rings is 1. The van der Waals surface area contributed by atoms with Crippen molar-refractivity contribution in [2.45, 2.75) is 0 Å². The normalized spacial score (nSPS) is 11.0. The van der Waals surface area contributed by atoms with Crippen molar-refractivity contribution in [3.8, 4) is 28.8 Å². The zero-order chi connectivity index (χ0) is 19.4. The molecule has 8 heteroatoms. The lowest BCUT2D eigenvalue weighted by molar-refractivity contribution is -0.112. The molecule has 0 fully saturated rings. The second-order valence-electron chi connectivity index (χ2n) is 5.42. The van der Waals surface area contributed by atoms with Crippen molar-refractivity contribution in [2.75, 3.05) is 5.32 Å². The van der Waals surface area contributed by atoms with Crippen molar-refractivity contribution in [2.24, 2.45) is 0 Å². The van der Waals surface area contributed by atoms with Crippen molar-refractivity contribution >= 4 is 28.5 Å². The third kappa shape index (κ3) is 4.29. The maximum absolute atomic E-state index is 13.3. The number of phenolic OH excluding ortho intramolecular Hbond substituents is 2. The van der Waals surface area contributed by atoms with Gasteiger partial charge in [-0.3, -0.25) is 10.1 Å². The molecule has 0 saturated carbocycles. The zero-order valence-electron chi connectivity index (χ0n) is 13.7. The van der Waals surface area contributed by atoms with E-state index in [2.05, 4.69) is 10.3 Å². The van der Waals surface area contributed by atoms with Gasteiger partial charge < -0.3 is 10.2 Å². The number of nitrogens with zero attached hydrogens (tertiary/aromatic N) is 2. The fraction of sp³-hybridized carbons (Fsp3) is 0. The number of phenols is 2. The van der Waals surface area contributed by atoms with E-state index in [1.54, 1.807) is 23.6 Å². The first kappa shape index (κ1) is 18.1. The monoisotopic (exact) mass is 381 g/mol. The number of nitriles is 1. The molecule has 0 saturated heterocycles. The van der Waals surface area contributed by atoms with Crippen LogP contribution < -0.4 is 5.32 Å². The van der Waals surface area contributed by atoms with Crippen molar-refractivity contribution < 1.29 is 19.4 Å². The standard InChI is InChI=1S/C19H12FN3O3S/c20-14-3-1-2-12(8-14)15-10-27-19(22-15)23-18(26)13(9-21)6-11-4-5-16(24)17(25)7-11/h1-8,10,24-25H,(H,22,23,26)/b13-6+. The highest BCUT2D eigenvalue weighted by Gasteiger charge is 2.13. The van der Waals surface area contributed by atoms with E-state index >= 15 is 0 Å². The van der Waals surface area contributed by atoms with E-state index in [1.807, 2.05) is 0 Å². The van der Waals surface area contributed by atoms with Crippen molar-refractivity contribution in [3.63, 3.8) is 0 Å². The molecule has 3 aromatic rings. The quantitative estimate of drug-likeness (QED) is 0.361. The molecule has 134 valence electrons. The number of rotatable bonds is 4. The molecule has 1 heterocycles. The van der Waals surface area contributed by atoms with Crippen LogP contribution in [0, 0.1) is 17.1 Å². The lowest BCUT2D eigenvalue weighted by Crippen LogP contribution is -2.13. The first-order valence-electron chi connectivity index (χ1n) is 7.63. The maximum atomic E-state index is 13.3. The van der Waals surface area contributed by atoms with Gasteiger partial charge in [0.05, 0.1) is 5.69 Å². The molecular weight excluding hydrogens is 369 g/mol. The smallest absolute Gasteiger partial charge is 0.268 e. The molecule has 0 radical (unpaired) electrons. The SMILES string of the molecule is N#C/C(=C\c1ccc(O)c(O)c1)C(=O)Nc1nc(-c2cccc(F)c2)cs1. The summed E-state index contributed by atoms with van der Waals surface area (Å²) in [5, 5.41) is 32.5. The average Bonchev–Trinajstić information content (AvgIpc) is 3.11. The molecule has 0 spiro atoms. The number of carbonyl (C=O) groups is 1. The summed E-state index contributed by atoms with van der Waals surface area (Å²) in [7, 11) is 0. The highest BCUT2D eigenvalue weighted by atomic mass is 32.1. The van der Waals surface area contributed by atoms with Gasteiger partial charge in [-0.25, -0.2) is 9.37 Å². The summed E-state index contributed by atoms with van der Waals surface area (Å²) in [6.07, 6.45) is 1.27. The van der Waals surface area contributed by atoms with Gasteiger partial charge in [0.25, 0.3) is 5.91 Å². The summed E-state index contributed by atoms with van der Waals surface area (Å²) in [5.74, 6) is -1.73. The van der Waals surface area contributed by atoms with Crippen LogP contribution in [0.2, 0.25) is 0 Å². The maximum Gasteiger partial charge on any atom is 0.268 e. The number of nitrogens with one attached hydrogen (secondary N) is 1. The van der Waals surface area contributed by atoms with Gasteiger partial charge in [-0.1, -0.05) is 18.2 Å². The number of carbonyl (C=O) groups excluding carboxylic acids is 1. The highest BCUT2D eigenvalue weighted by Crippen LogP contribution is 2.27. The van der Waals surface area contributed by atoms with Gasteiger partial charge in [-0.15, -0.1) is 11.3 Å². The van der Waals surface area contributed by atoms with Crippen LogP contribution >= 0.6 is 11.3 Å². The Morgan fingerprint density at radius 3 is 2.74 bits per heavy atom. The molecule has 1 amide bonds. The number of aromatic nitrogens is 1. The van der Waals surface area contributed by atoms with Crippen LogP contribution in [0.5, 0.6) is 11.5 Å². The molecule has 0 aliphatic rings. The fourth-order valence-corrected chi connectivity index (χ4v) is 2.94. The minimum absolute atomic E-state index is 0.206. The van der Waals surface area contributed by atoms with E-state index in [9.17, 15) is 24.7 Å². The van der Waals surface area contributed by atoms with Crippen LogP contribution in [0.1, 0.15) is 5.56 Å². The van der Waals surface area contributed by atoms with Gasteiger partial charge >= 0.3 is 0 Å². The number of amides is 1. The van der Waals surface area contributed by atoms with Crippen LogP contribution in [-0.2, 0) is 4.79 Å². The molecule has 6 nitrogen and oxygen atoms in total. The topological polar surface area (TPSA) is 106 Å². The van der Waals surface area contributed by atoms with Gasteiger partial charge in [0.15, 0.2) is 16.6 Å². The molecule has 27 heavy (non-hydrogen) atoms. The predicted octanol–water partition coefficient (Wildman–Crippen LogP) is 3.91. The number of hydrogen-bond donors (Lipinski definition) is 3. The lowest BCUT2D eigenvalue weighted by Gasteiger charge is -2.02. The molecule has 0 unspecified atom stereocenters. The van der Waals surface area contributed by atoms with E-state index in [0.29, 0.717) is 16.8 Å². The largest absolute Gasteiger partial charge is 0.504 e. The van der Waals surface area contributed by atoms with E-state index in [4.69, 9.17) is 0 Å². The Balaban J connectivity index is 1.78. The van der Waals surface area contributed by atoms with Gasteiger partial charge in [-0.05, 0) is 35.9 Å². The number of hydrogen-bond acceptors (Lipinski definition) is 6. The van der Waals surface area contributed by atoms with Crippen molar-refractivity contribution in [3.05, 3.63) is 64.8 Å². The third-order valence-electron chi connectivity index (χ3n) is 3.52. The first-order chi connectivity index (χ1) is 13.0. The minimum Gasteiger partial charge on any atom is -0.504 e. The lowest BCUT2D eigenvalue weighted by atomic mass is 10.1. The van der Waals surface area contributed by atoms with Crippen LogP contribution in [0.15, 0.2) is 53.4 Å². The molecule has 3 rings (SSSR count). The summed E-state index contributed by atoms with van der Waals surface area (Å²) < 4.78 is 13.3. The molecule has 0 atom stereocenters. The Morgan fingerprint density at radius 1 is 1.22 bits per heavy atom. The second-order valence-corrected chi connectivity index (χ2v) is 6.28. The van der Waals surface area contributed by atoms with Crippen LogP contribution in [0.3, 0.4) is 0 Å². The molecule has 0 aliphatic heterocycles. The van der Waals surface area contributed by atoms with Gasteiger partial charge in [0.1, 0.15) is 17.5 Å². The van der Waals surface area contributed by atoms with E-state index < -0.39 is 11.7 Å². The molecule has 0 bridgehead atoms. The van der Waals surface area contributed by atoms with E-state index in [-0.39, 0.29) is 22.2 Å². The average molecular weight is 381 g/mol. The Morgan fingerprint density at radius 2 is 2.04 bits per heavy atom. The Hall–Kier alpha value is -3.70. The number of halogens is 1. The highest BCUT2D eigenvalue weighted by molar-refractivity contribution is 7.14. The first-order valence-corrected chi connectivity index (χ1v) is 8.51. The van der Waals surface area contributed by atoms with Crippen molar-refractivity contribution in [1.82, 2.24) is 4.98 Å². The summed E-state index contributed by atoms with van der Waals surface area (Å²) in [4.78, 5) is 16.5. The molecule has 0 aliphatic carbocycles. The Labute approximate surface area is 157 Å². The molecule has 2 aromatic carbocycles. The Kier molecular flexibility index (Phi) is 5.15. The third-order valence-corrected chi connectivity index (χ3v) is 4.28. The van der Waals surface area contributed by atoms with E-state index in [1.165, 1.54) is 36.4 Å². The minimum atomic E-state index is -0.676. The van der Waals surface area contributed by atoms with E-state index in [0.717, 1.165) is 11.3 Å². The van der Waals surface area contributed by atoms with Gasteiger partial charge in [0, 0.05) is 10.9 Å². The summed E-state index contributed by atoms with van der Waals surface area (Å²) in [6, 6.07) is 11.6. The summed E-state index contributed by atoms with van der Waals surface area (Å²) in [5.41, 5.74) is 1.24. The predicted molar refractivity (Wildman–Crippen MR) is 99.5 cm³/mol. The summed E-state index contributed by atoms with van der Waals surface area (Å²) >= 11 is 1.14. The van der Waals surface area contributed by atoms with Crippen LogP contribution in [0.25, 0.3) is 17.3 Å². The molecular formula is C19H12FN3O3S. The molecule has 3 N–H and O–H groups in total.